The van der Waals surface area contributed by atoms with E-state index in [1.807, 2.05) is 10.9 Å². The second kappa shape index (κ2) is 9.30. The Balaban J connectivity index is 1.40. The fraction of sp³-hybridized carbons (Fsp3) is 0.565. The Morgan fingerprint density at radius 3 is 2.70 bits per heavy atom. The number of hydrogen-bond donors (Lipinski definition) is 1. The molecule has 4 heterocycles. The van der Waals surface area contributed by atoms with Crippen molar-refractivity contribution in [3.05, 3.63) is 36.2 Å². The van der Waals surface area contributed by atoms with Gasteiger partial charge in [0.05, 0.1) is 28.9 Å². The van der Waals surface area contributed by atoms with Crippen molar-refractivity contribution in [3.8, 4) is 0 Å². The monoisotopic (exact) mass is 563 g/mol. The first-order valence-electron chi connectivity index (χ1n) is 11.6. The highest BCUT2D eigenvalue weighted by Gasteiger charge is 2.41. The van der Waals surface area contributed by atoms with Crippen LogP contribution in [-0.4, -0.2) is 73.1 Å². The maximum absolute atomic E-state index is 11.3. The second-order valence-corrected chi connectivity index (χ2v) is 11.4. The molecule has 0 radical (unpaired) electrons. The summed E-state index contributed by atoms with van der Waals surface area (Å²) in [6.07, 6.45) is 5.04. The lowest BCUT2D eigenvalue weighted by molar-refractivity contribution is 0.122. The fourth-order valence-corrected chi connectivity index (χ4v) is 5.88. The number of anilines is 2. The van der Waals surface area contributed by atoms with Crippen LogP contribution >= 0.6 is 22.6 Å². The number of fused-ring (bicyclic) bond motifs is 1. The van der Waals surface area contributed by atoms with E-state index in [1.165, 1.54) is 0 Å². The summed E-state index contributed by atoms with van der Waals surface area (Å²) in [5.74, 6) is 0.833. The van der Waals surface area contributed by atoms with Crippen molar-refractivity contribution in [2.75, 3.05) is 49.2 Å². The first-order valence-corrected chi connectivity index (χ1v) is 12.6. The van der Waals surface area contributed by atoms with E-state index in [4.69, 9.17) is 4.74 Å². The van der Waals surface area contributed by atoms with E-state index < -0.39 is 6.10 Å². The number of ether oxygens (including phenoxy) is 1. The zero-order valence-electron chi connectivity index (χ0n) is 19.1. The van der Waals surface area contributed by atoms with Crippen molar-refractivity contribution in [1.82, 2.24) is 25.2 Å². The minimum atomic E-state index is -0.609. The van der Waals surface area contributed by atoms with Crippen LogP contribution < -0.4 is 9.80 Å². The molecule has 2 aliphatic rings. The molecular formula is C23H30IN7O2. The number of alkyl halides is 1. The fourth-order valence-electron chi connectivity index (χ4n) is 4.73. The first kappa shape index (κ1) is 22.7. The van der Waals surface area contributed by atoms with Gasteiger partial charge in [-0.3, -0.25) is 4.68 Å². The van der Waals surface area contributed by atoms with Crippen LogP contribution in [0.1, 0.15) is 44.4 Å². The molecule has 3 aromatic rings. The molecule has 0 amide bonds. The van der Waals surface area contributed by atoms with Gasteiger partial charge in [0.25, 0.3) is 0 Å². The summed E-state index contributed by atoms with van der Waals surface area (Å²) in [5.41, 5.74) is 2.84. The van der Waals surface area contributed by atoms with Crippen LogP contribution in [0.4, 0.5) is 11.5 Å². The van der Waals surface area contributed by atoms with Gasteiger partial charge in [0.15, 0.2) is 5.82 Å². The Bertz CT molecular complexity index is 1120. The average molecular weight is 563 g/mol. The van der Waals surface area contributed by atoms with E-state index in [0.29, 0.717) is 6.54 Å². The van der Waals surface area contributed by atoms with Crippen molar-refractivity contribution < 1.29 is 9.84 Å². The van der Waals surface area contributed by atoms with Crippen molar-refractivity contribution in [2.45, 2.75) is 42.3 Å². The number of aliphatic hydroxyl groups is 1. The Labute approximate surface area is 207 Å². The van der Waals surface area contributed by atoms with Gasteiger partial charge in [-0.25, -0.2) is 0 Å². The largest absolute Gasteiger partial charge is 0.387 e. The quantitative estimate of drug-likeness (QED) is 0.374. The molecule has 2 atom stereocenters. The smallest absolute Gasteiger partial charge is 0.162 e. The molecule has 33 heavy (non-hydrogen) atoms. The van der Waals surface area contributed by atoms with E-state index in [0.717, 1.165) is 73.7 Å². The van der Waals surface area contributed by atoms with E-state index in [-0.39, 0.29) is 9.46 Å². The molecule has 0 spiro atoms. The lowest BCUT2D eigenvalue weighted by Gasteiger charge is -2.42. The van der Waals surface area contributed by atoms with Crippen LogP contribution in [0.5, 0.6) is 0 Å². The molecular weight excluding hydrogens is 533 g/mol. The third kappa shape index (κ3) is 4.52. The number of nitrogens with zero attached hydrogens (tertiary/aromatic N) is 7. The zero-order chi connectivity index (χ0) is 23.0. The molecule has 0 saturated carbocycles. The third-order valence-corrected chi connectivity index (χ3v) is 8.09. The normalized spacial score (nSPS) is 22.8. The summed E-state index contributed by atoms with van der Waals surface area (Å²) in [6, 6.07) is 6.59. The number of halogens is 1. The molecule has 9 nitrogen and oxygen atoms in total. The molecule has 5 rings (SSSR count). The molecule has 0 unspecified atom stereocenters. The summed E-state index contributed by atoms with van der Waals surface area (Å²) in [7, 11) is 0. The van der Waals surface area contributed by atoms with Crippen LogP contribution in [-0.2, 0) is 4.74 Å². The van der Waals surface area contributed by atoms with E-state index >= 15 is 0 Å². The molecule has 176 valence electrons. The van der Waals surface area contributed by atoms with Gasteiger partial charge in [0.2, 0.25) is 0 Å². The summed E-state index contributed by atoms with van der Waals surface area (Å²) >= 11 is 2.44. The van der Waals surface area contributed by atoms with Crippen molar-refractivity contribution >= 4 is 45.0 Å². The SMILES string of the molecule is CC(C)n1cc([C@@H](O)[C@@]2(I)CCCN(c3nnnc4cc(N5CCOCC5)ccc34)C2)cn1. The number of benzene rings is 1. The topological polar surface area (TPSA) is 92.4 Å². The lowest BCUT2D eigenvalue weighted by atomic mass is 9.89. The Hall–Kier alpha value is -2.05. The van der Waals surface area contributed by atoms with Crippen LogP contribution in [0.2, 0.25) is 0 Å². The molecule has 0 bridgehead atoms. The number of piperidine rings is 1. The first-order chi connectivity index (χ1) is 15.9. The van der Waals surface area contributed by atoms with E-state index in [9.17, 15) is 5.11 Å². The lowest BCUT2D eigenvalue weighted by Crippen LogP contribution is -2.48. The molecule has 0 aliphatic carbocycles. The van der Waals surface area contributed by atoms with Gasteiger partial charge in [-0.15, -0.1) is 10.2 Å². The van der Waals surface area contributed by atoms with Gasteiger partial charge in [-0.05, 0) is 50.1 Å². The van der Waals surface area contributed by atoms with Crippen LogP contribution in [0.25, 0.3) is 10.9 Å². The Morgan fingerprint density at radius 2 is 1.94 bits per heavy atom. The minimum Gasteiger partial charge on any atom is -0.387 e. The third-order valence-electron chi connectivity index (χ3n) is 6.62. The molecule has 10 heteroatoms. The molecule has 2 saturated heterocycles. The summed E-state index contributed by atoms with van der Waals surface area (Å²) in [4.78, 5) is 4.56. The molecule has 2 aromatic heterocycles. The zero-order valence-corrected chi connectivity index (χ0v) is 21.2. The highest BCUT2D eigenvalue weighted by Crippen LogP contribution is 2.43. The summed E-state index contributed by atoms with van der Waals surface area (Å²) < 4.78 is 7.03. The highest BCUT2D eigenvalue weighted by molar-refractivity contribution is 14.1. The van der Waals surface area contributed by atoms with Gasteiger partial charge >= 0.3 is 0 Å². The van der Waals surface area contributed by atoms with E-state index in [1.54, 1.807) is 6.20 Å². The molecule has 2 fully saturated rings. The van der Waals surface area contributed by atoms with Gasteiger partial charge in [0, 0.05) is 55.1 Å². The second-order valence-electron chi connectivity index (χ2n) is 9.22. The number of aromatic nitrogens is 5. The van der Waals surface area contributed by atoms with Crippen molar-refractivity contribution in [2.24, 2.45) is 0 Å². The predicted octanol–water partition coefficient (Wildman–Crippen LogP) is 3.15. The van der Waals surface area contributed by atoms with Crippen molar-refractivity contribution in [1.29, 1.82) is 0 Å². The number of hydrogen-bond acceptors (Lipinski definition) is 8. The average Bonchev–Trinajstić information content (AvgIpc) is 3.34. The maximum atomic E-state index is 11.3. The van der Waals surface area contributed by atoms with Crippen LogP contribution in [0.3, 0.4) is 0 Å². The maximum Gasteiger partial charge on any atom is 0.162 e. The van der Waals surface area contributed by atoms with Gasteiger partial charge in [-0.1, -0.05) is 22.6 Å². The van der Waals surface area contributed by atoms with E-state index in [2.05, 4.69) is 84.9 Å². The van der Waals surface area contributed by atoms with Gasteiger partial charge in [0.1, 0.15) is 5.52 Å². The number of rotatable bonds is 5. The van der Waals surface area contributed by atoms with Gasteiger partial charge in [-0.2, -0.15) is 5.10 Å². The Kier molecular flexibility index (Phi) is 6.41. The summed E-state index contributed by atoms with van der Waals surface area (Å²) in [6.45, 7) is 8.98. The molecule has 1 N–H and O–H groups in total. The standard InChI is InChI=1S/C23H30IN7O2/c1-16(2)31-14-17(13-25-31)21(32)23(24)6-3-7-30(15-23)22-19-5-4-18(12-20(19)26-28-27-22)29-8-10-33-11-9-29/h4-5,12-14,16,21,32H,3,6-11,15H2,1-2H3/t21-,23-/m1/s1. The number of aliphatic hydroxyl groups excluding tert-OH is 1. The van der Waals surface area contributed by atoms with Crippen LogP contribution in [0, 0.1) is 0 Å². The minimum absolute atomic E-state index is 0.264. The van der Waals surface area contributed by atoms with Crippen LogP contribution in [0.15, 0.2) is 30.6 Å². The summed E-state index contributed by atoms with van der Waals surface area (Å²) in [5, 5.41) is 29.6. The number of morpholine rings is 1. The van der Waals surface area contributed by atoms with Crippen molar-refractivity contribution in [3.63, 3.8) is 0 Å². The Morgan fingerprint density at radius 1 is 1.12 bits per heavy atom. The predicted molar refractivity (Wildman–Crippen MR) is 136 cm³/mol. The van der Waals surface area contributed by atoms with Gasteiger partial charge < -0.3 is 19.6 Å². The molecule has 2 aliphatic heterocycles. The molecule has 1 aromatic carbocycles. The highest BCUT2D eigenvalue weighted by atomic mass is 127.